The summed E-state index contributed by atoms with van der Waals surface area (Å²) in [6, 6.07) is 2.38. The Morgan fingerprint density at radius 1 is 1.15 bits per heavy atom. The zero-order chi connectivity index (χ0) is 14.4. The maximum absolute atomic E-state index is 12.5. The molecular weight excluding hydrogens is 250 g/mol. The van der Waals surface area contributed by atoms with Crippen LogP contribution in [0.3, 0.4) is 0 Å². The molecule has 2 fully saturated rings. The van der Waals surface area contributed by atoms with Gasteiger partial charge < -0.3 is 10.2 Å². The molecule has 0 aromatic carbocycles. The zero-order valence-electron chi connectivity index (χ0n) is 12.7. The number of piperidine rings is 1. The van der Waals surface area contributed by atoms with Crippen molar-refractivity contribution in [3.8, 4) is 6.07 Å². The van der Waals surface area contributed by atoms with Crippen LogP contribution in [0, 0.1) is 17.2 Å². The summed E-state index contributed by atoms with van der Waals surface area (Å²) in [7, 11) is 2.07. The Morgan fingerprint density at radius 3 is 2.25 bits per heavy atom. The number of nitriles is 1. The van der Waals surface area contributed by atoms with Gasteiger partial charge in [-0.15, -0.1) is 0 Å². The van der Waals surface area contributed by atoms with Crippen LogP contribution < -0.4 is 5.32 Å². The summed E-state index contributed by atoms with van der Waals surface area (Å²) in [5.74, 6) is 0.248. The molecule has 0 spiro atoms. The number of nitrogens with zero attached hydrogens (tertiary/aromatic N) is 2. The lowest BCUT2D eigenvalue weighted by Gasteiger charge is -2.37. The Hall–Kier alpha value is -1.08. The fourth-order valence-electron chi connectivity index (χ4n) is 3.32. The Kier molecular flexibility index (Phi) is 5.42. The fraction of sp³-hybridized carbons (Fsp3) is 0.875. The van der Waals surface area contributed by atoms with Crippen LogP contribution in [0.5, 0.6) is 0 Å². The minimum atomic E-state index is -0.619. The van der Waals surface area contributed by atoms with E-state index in [4.69, 9.17) is 0 Å². The summed E-state index contributed by atoms with van der Waals surface area (Å²) in [6.45, 7) is 1.77. The SMILES string of the molecule is CN1CCC(C#N)(NC(=O)C2CCCCCCC2)CC1. The number of hydrogen-bond donors (Lipinski definition) is 1. The van der Waals surface area contributed by atoms with Crippen molar-refractivity contribution in [3.63, 3.8) is 0 Å². The summed E-state index contributed by atoms with van der Waals surface area (Å²) in [6.07, 6.45) is 9.59. The molecule has 1 aliphatic carbocycles. The van der Waals surface area contributed by atoms with Crippen LogP contribution in [-0.4, -0.2) is 36.5 Å². The predicted molar refractivity (Wildman–Crippen MR) is 79.0 cm³/mol. The van der Waals surface area contributed by atoms with Crippen molar-refractivity contribution in [3.05, 3.63) is 0 Å². The zero-order valence-corrected chi connectivity index (χ0v) is 12.7. The highest BCUT2D eigenvalue weighted by atomic mass is 16.2. The molecule has 1 saturated heterocycles. The van der Waals surface area contributed by atoms with Gasteiger partial charge in [0.2, 0.25) is 5.91 Å². The number of rotatable bonds is 2. The van der Waals surface area contributed by atoms with Gasteiger partial charge in [0.1, 0.15) is 5.54 Å². The molecule has 1 heterocycles. The van der Waals surface area contributed by atoms with E-state index >= 15 is 0 Å². The smallest absolute Gasteiger partial charge is 0.224 e. The molecule has 4 heteroatoms. The number of carbonyl (C=O) groups is 1. The van der Waals surface area contributed by atoms with E-state index in [1.54, 1.807) is 0 Å². The molecule has 0 radical (unpaired) electrons. The first-order chi connectivity index (χ1) is 9.65. The summed E-state index contributed by atoms with van der Waals surface area (Å²) in [4.78, 5) is 14.7. The lowest BCUT2D eigenvalue weighted by atomic mass is 9.86. The molecular formula is C16H27N3O. The molecule has 0 aromatic rings. The van der Waals surface area contributed by atoms with Crippen LogP contribution in [0.2, 0.25) is 0 Å². The van der Waals surface area contributed by atoms with Gasteiger partial charge in [-0.05, 0) is 32.7 Å². The topological polar surface area (TPSA) is 56.1 Å². The molecule has 112 valence electrons. The molecule has 0 atom stereocenters. The van der Waals surface area contributed by atoms with E-state index in [1.165, 1.54) is 19.3 Å². The predicted octanol–water partition coefficient (Wildman–Crippen LogP) is 2.45. The second-order valence-electron chi connectivity index (χ2n) is 6.53. The van der Waals surface area contributed by atoms with E-state index in [-0.39, 0.29) is 11.8 Å². The number of amides is 1. The van der Waals surface area contributed by atoms with E-state index < -0.39 is 5.54 Å². The molecule has 1 aliphatic heterocycles. The molecule has 20 heavy (non-hydrogen) atoms. The van der Waals surface area contributed by atoms with Gasteiger partial charge in [0.05, 0.1) is 6.07 Å². The van der Waals surface area contributed by atoms with E-state index in [0.717, 1.165) is 51.6 Å². The third kappa shape index (κ3) is 3.96. The summed E-state index contributed by atoms with van der Waals surface area (Å²) >= 11 is 0. The normalized spacial score (nSPS) is 25.2. The second kappa shape index (κ2) is 7.08. The van der Waals surface area contributed by atoms with Crippen molar-refractivity contribution < 1.29 is 4.79 Å². The maximum atomic E-state index is 12.5. The van der Waals surface area contributed by atoms with Crippen molar-refractivity contribution in [2.24, 2.45) is 5.92 Å². The van der Waals surface area contributed by atoms with Gasteiger partial charge in [-0.3, -0.25) is 4.79 Å². The van der Waals surface area contributed by atoms with Crippen molar-refractivity contribution in [2.75, 3.05) is 20.1 Å². The lowest BCUT2D eigenvalue weighted by Crippen LogP contribution is -2.55. The van der Waals surface area contributed by atoms with Crippen molar-refractivity contribution in [1.29, 1.82) is 5.26 Å². The first-order valence-electron chi connectivity index (χ1n) is 8.07. The van der Waals surface area contributed by atoms with Gasteiger partial charge in [-0.25, -0.2) is 0 Å². The standard InChI is InChI=1S/C16H27N3O/c1-19-11-9-16(13-17,10-12-19)18-15(20)14-7-5-3-2-4-6-8-14/h14H,2-12H2,1H3,(H,18,20). The molecule has 0 bridgehead atoms. The van der Waals surface area contributed by atoms with Gasteiger partial charge in [0.15, 0.2) is 0 Å². The summed E-state index contributed by atoms with van der Waals surface area (Å²) < 4.78 is 0. The number of nitrogens with one attached hydrogen (secondary N) is 1. The minimum absolute atomic E-state index is 0.123. The minimum Gasteiger partial charge on any atom is -0.337 e. The Morgan fingerprint density at radius 2 is 1.70 bits per heavy atom. The van der Waals surface area contributed by atoms with E-state index in [2.05, 4.69) is 23.3 Å². The molecule has 4 nitrogen and oxygen atoms in total. The van der Waals surface area contributed by atoms with Crippen LogP contribution in [0.4, 0.5) is 0 Å². The third-order valence-electron chi connectivity index (χ3n) is 4.89. The van der Waals surface area contributed by atoms with E-state index in [9.17, 15) is 10.1 Å². The Bertz CT molecular complexity index is 358. The lowest BCUT2D eigenvalue weighted by molar-refractivity contribution is -0.127. The highest BCUT2D eigenvalue weighted by Crippen LogP contribution is 2.25. The molecule has 0 aromatic heterocycles. The first kappa shape index (κ1) is 15.3. The average molecular weight is 277 g/mol. The Balaban J connectivity index is 1.92. The van der Waals surface area contributed by atoms with Gasteiger partial charge in [0.25, 0.3) is 0 Å². The number of carbonyl (C=O) groups excluding carboxylic acids is 1. The van der Waals surface area contributed by atoms with E-state index in [1.807, 2.05) is 0 Å². The summed E-state index contributed by atoms with van der Waals surface area (Å²) in [5, 5.41) is 12.6. The molecule has 1 amide bonds. The highest BCUT2D eigenvalue weighted by molar-refractivity contribution is 5.80. The largest absolute Gasteiger partial charge is 0.337 e. The fourth-order valence-corrected chi connectivity index (χ4v) is 3.32. The first-order valence-corrected chi connectivity index (χ1v) is 8.07. The Labute approximate surface area is 122 Å². The van der Waals surface area contributed by atoms with Gasteiger partial charge in [0, 0.05) is 19.0 Å². The van der Waals surface area contributed by atoms with Crippen LogP contribution in [-0.2, 0) is 4.79 Å². The van der Waals surface area contributed by atoms with Crippen LogP contribution in [0.15, 0.2) is 0 Å². The van der Waals surface area contributed by atoms with Crippen LogP contribution >= 0.6 is 0 Å². The average Bonchev–Trinajstić information content (AvgIpc) is 2.41. The molecule has 1 N–H and O–H groups in total. The molecule has 0 unspecified atom stereocenters. The van der Waals surface area contributed by atoms with Crippen molar-refractivity contribution in [1.82, 2.24) is 10.2 Å². The van der Waals surface area contributed by atoms with Crippen LogP contribution in [0.25, 0.3) is 0 Å². The van der Waals surface area contributed by atoms with E-state index in [0.29, 0.717) is 0 Å². The van der Waals surface area contributed by atoms with Gasteiger partial charge in [-0.2, -0.15) is 5.26 Å². The second-order valence-corrected chi connectivity index (χ2v) is 6.53. The van der Waals surface area contributed by atoms with Crippen molar-refractivity contribution in [2.45, 2.75) is 63.3 Å². The number of likely N-dealkylation sites (tertiary alicyclic amines) is 1. The van der Waals surface area contributed by atoms with Gasteiger partial charge >= 0.3 is 0 Å². The molecule has 2 rings (SSSR count). The van der Waals surface area contributed by atoms with Crippen molar-refractivity contribution >= 4 is 5.91 Å². The number of hydrogen-bond acceptors (Lipinski definition) is 3. The maximum Gasteiger partial charge on any atom is 0.224 e. The summed E-state index contributed by atoms with van der Waals surface area (Å²) in [5.41, 5.74) is -0.619. The quantitative estimate of drug-likeness (QED) is 0.843. The van der Waals surface area contributed by atoms with Crippen LogP contribution in [0.1, 0.15) is 57.8 Å². The third-order valence-corrected chi connectivity index (χ3v) is 4.89. The molecule has 2 aliphatic rings. The molecule has 1 saturated carbocycles. The van der Waals surface area contributed by atoms with Gasteiger partial charge in [-0.1, -0.05) is 32.1 Å². The highest BCUT2D eigenvalue weighted by Gasteiger charge is 2.36. The monoisotopic (exact) mass is 277 g/mol.